The summed E-state index contributed by atoms with van der Waals surface area (Å²) in [6.07, 6.45) is 1.18. The second kappa shape index (κ2) is 5.56. The third kappa shape index (κ3) is 3.40. The monoisotopic (exact) mass is 208 g/mol. The van der Waals surface area contributed by atoms with Crippen LogP contribution in [0.4, 0.5) is 11.6 Å². The first-order valence-corrected chi connectivity index (χ1v) is 5.32. The SMILES string of the molecule is CCC(C)CN(C)c1cccc(NN)n1. The fourth-order valence-corrected chi connectivity index (χ4v) is 1.41. The average molecular weight is 208 g/mol. The van der Waals surface area contributed by atoms with Gasteiger partial charge >= 0.3 is 0 Å². The molecule has 0 amide bonds. The second-order valence-corrected chi connectivity index (χ2v) is 3.92. The highest BCUT2D eigenvalue weighted by Crippen LogP contribution is 2.14. The molecule has 15 heavy (non-hydrogen) atoms. The summed E-state index contributed by atoms with van der Waals surface area (Å²) in [4.78, 5) is 6.52. The predicted molar refractivity (Wildman–Crippen MR) is 64.8 cm³/mol. The molecular formula is C11H20N4. The van der Waals surface area contributed by atoms with Crippen LogP contribution in [0.1, 0.15) is 20.3 Å². The van der Waals surface area contributed by atoms with E-state index in [0.717, 1.165) is 12.4 Å². The van der Waals surface area contributed by atoms with E-state index < -0.39 is 0 Å². The van der Waals surface area contributed by atoms with Gasteiger partial charge in [-0.2, -0.15) is 0 Å². The van der Waals surface area contributed by atoms with Crippen molar-refractivity contribution in [2.75, 3.05) is 23.9 Å². The summed E-state index contributed by atoms with van der Waals surface area (Å²) < 4.78 is 0. The molecule has 0 saturated carbocycles. The molecule has 1 unspecified atom stereocenters. The second-order valence-electron chi connectivity index (χ2n) is 3.92. The van der Waals surface area contributed by atoms with Gasteiger partial charge in [-0.05, 0) is 18.1 Å². The van der Waals surface area contributed by atoms with Crippen LogP contribution in [0.5, 0.6) is 0 Å². The Morgan fingerprint density at radius 2 is 2.27 bits per heavy atom. The van der Waals surface area contributed by atoms with Crippen LogP contribution in [-0.4, -0.2) is 18.6 Å². The lowest BCUT2D eigenvalue weighted by Gasteiger charge is -2.22. The van der Waals surface area contributed by atoms with Gasteiger partial charge in [0.2, 0.25) is 0 Å². The van der Waals surface area contributed by atoms with E-state index in [-0.39, 0.29) is 0 Å². The quantitative estimate of drug-likeness (QED) is 0.573. The van der Waals surface area contributed by atoms with E-state index >= 15 is 0 Å². The Morgan fingerprint density at radius 3 is 2.87 bits per heavy atom. The van der Waals surface area contributed by atoms with E-state index in [1.165, 1.54) is 6.42 Å². The van der Waals surface area contributed by atoms with Crippen LogP contribution in [0.2, 0.25) is 0 Å². The lowest BCUT2D eigenvalue weighted by atomic mass is 10.1. The summed E-state index contributed by atoms with van der Waals surface area (Å²) >= 11 is 0. The molecule has 0 aliphatic carbocycles. The van der Waals surface area contributed by atoms with Crippen molar-refractivity contribution in [1.82, 2.24) is 4.98 Å². The molecular weight excluding hydrogens is 188 g/mol. The minimum absolute atomic E-state index is 0.672. The number of nitrogens with zero attached hydrogens (tertiary/aromatic N) is 2. The molecule has 1 aromatic heterocycles. The highest BCUT2D eigenvalue weighted by atomic mass is 15.3. The van der Waals surface area contributed by atoms with Crippen molar-refractivity contribution < 1.29 is 0 Å². The molecule has 4 heteroatoms. The van der Waals surface area contributed by atoms with Crippen molar-refractivity contribution in [3.05, 3.63) is 18.2 Å². The van der Waals surface area contributed by atoms with Gasteiger partial charge in [-0.1, -0.05) is 26.3 Å². The smallest absolute Gasteiger partial charge is 0.142 e. The summed E-state index contributed by atoms with van der Waals surface area (Å²) in [5.74, 6) is 7.64. The standard InChI is InChI=1S/C11H20N4/c1-4-9(2)8-15(3)11-7-5-6-10(13-11)14-12/h5-7,9H,4,8,12H2,1-3H3,(H,13,14). The fourth-order valence-electron chi connectivity index (χ4n) is 1.41. The van der Waals surface area contributed by atoms with Crippen LogP contribution >= 0.6 is 0 Å². The fraction of sp³-hybridized carbons (Fsp3) is 0.545. The first-order chi connectivity index (χ1) is 7.17. The molecule has 1 atom stereocenters. The molecule has 4 nitrogen and oxygen atoms in total. The lowest BCUT2D eigenvalue weighted by molar-refractivity contribution is 0.558. The van der Waals surface area contributed by atoms with Crippen molar-refractivity contribution >= 4 is 11.6 Å². The Bertz CT molecular complexity index is 300. The lowest BCUT2D eigenvalue weighted by Crippen LogP contribution is -2.24. The number of hydrogen-bond acceptors (Lipinski definition) is 4. The number of rotatable bonds is 5. The molecule has 0 saturated heterocycles. The third-order valence-electron chi connectivity index (χ3n) is 2.56. The van der Waals surface area contributed by atoms with Gasteiger partial charge in [-0.3, -0.25) is 0 Å². The maximum Gasteiger partial charge on any atom is 0.142 e. The van der Waals surface area contributed by atoms with Gasteiger partial charge in [0.05, 0.1) is 0 Å². The highest BCUT2D eigenvalue weighted by Gasteiger charge is 2.06. The Labute approximate surface area is 91.5 Å². The van der Waals surface area contributed by atoms with Crippen LogP contribution in [0.25, 0.3) is 0 Å². The van der Waals surface area contributed by atoms with Crippen LogP contribution in [0.3, 0.4) is 0 Å². The number of hydrogen-bond donors (Lipinski definition) is 2. The number of nitrogens with one attached hydrogen (secondary N) is 1. The summed E-state index contributed by atoms with van der Waals surface area (Å²) in [6.45, 7) is 5.45. The largest absolute Gasteiger partial charge is 0.359 e. The molecule has 0 radical (unpaired) electrons. The summed E-state index contributed by atoms with van der Waals surface area (Å²) in [6, 6.07) is 5.79. The van der Waals surface area contributed by atoms with Gasteiger partial charge in [-0.15, -0.1) is 0 Å². The molecule has 0 fully saturated rings. The molecule has 0 aliphatic rings. The molecule has 0 aromatic carbocycles. The maximum absolute atomic E-state index is 5.32. The molecule has 0 aliphatic heterocycles. The van der Waals surface area contributed by atoms with Gasteiger partial charge in [0, 0.05) is 13.6 Å². The zero-order valence-corrected chi connectivity index (χ0v) is 9.70. The summed E-state index contributed by atoms with van der Waals surface area (Å²) in [5, 5.41) is 0. The van der Waals surface area contributed by atoms with Crippen molar-refractivity contribution in [2.24, 2.45) is 11.8 Å². The number of aromatic nitrogens is 1. The van der Waals surface area contributed by atoms with Gasteiger partial charge in [-0.25, -0.2) is 10.8 Å². The number of anilines is 2. The van der Waals surface area contributed by atoms with Gasteiger partial charge < -0.3 is 10.3 Å². The maximum atomic E-state index is 5.32. The van der Waals surface area contributed by atoms with Crippen LogP contribution in [0, 0.1) is 5.92 Å². The summed E-state index contributed by atoms with van der Waals surface area (Å²) in [7, 11) is 2.05. The minimum Gasteiger partial charge on any atom is -0.359 e. The van der Waals surface area contributed by atoms with Crippen LogP contribution in [-0.2, 0) is 0 Å². The number of nitrogen functional groups attached to an aromatic ring is 1. The summed E-state index contributed by atoms with van der Waals surface area (Å²) in [5.41, 5.74) is 2.55. The zero-order valence-electron chi connectivity index (χ0n) is 9.70. The van der Waals surface area contributed by atoms with Crippen molar-refractivity contribution in [3.8, 4) is 0 Å². The number of pyridine rings is 1. The van der Waals surface area contributed by atoms with Crippen LogP contribution < -0.4 is 16.2 Å². The van der Waals surface area contributed by atoms with Crippen molar-refractivity contribution in [3.63, 3.8) is 0 Å². The van der Waals surface area contributed by atoms with Gasteiger partial charge in [0.15, 0.2) is 0 Å². The van der Waals surface area contributed by atoms with Gasteiger partial charge in [0.25, 0.3) is 0 Å². The van der Waals surface area contributed by atoms with E-state index in [4.69, 9.17) is 5.84 Å². The predicted octanol–water partition coefficient (Wildman–Crippen LogP) is 1.85. The van der Waals surface area contributed by atoms with Crippen molar-refractivity contribution in [2.45, 2.75) is 20.3 Å². The van der Waals surface area contributed by atoms with E-state index in [1.54, 1.807) is 0 Å². The molecule has 1 heterocycles. The first-order valence-electron chi connectivity index (χ1n) is 5.32. The molecule has 3 N–H and O–H groups in total. The molecule has 0 spiro atoms. The topological polar surface area (TPSA) is 54.2 Å². The Kier molecular flexibility index (Phi) is 4.37. The average Bonchev–Trinajstić information content (AvgIpc) is 2.28. The van der Waals surface area contributed by atoms with E-state index in [2.05, 4.69) is 36.2 Å². The van der Waals surface area contributed by atoms with Crippen LogP contribution in [0.15, 0.2) is 18.2 Å². The molecule has 1 rings (SSSR count). The van der Waals surface area contributed by atoms with E-state index in [0.29, 0.717) is 11.7 Å². The molecule has 1 aromatic rings. The third-order valence-corrected chi connectivity index (χ3v) is 2.56. The first kappa shape index (κ1) is 11.8. The highest BCUT2D eigenvalue weighted by molar-refractivity contribution is 5.45. The van der Waals surface area contributed by atoms with E-state index in [9.17, 15) is 0 Å². The van der Waals surface area contributed by atoms with E-state index in [1.807, 2.05) is 18.2 Å². The Balaban J connectivity index is 2.68. The van der Waals surface area contributed by atoms with Gasteiger partial charge in [0.1, 0.15) is 11.6 Å². The number of hydrazine groups is 1. The Hall–Kier alpha value is -1.29. The molecule has 0 bridgehead atoms. The number of nitrogens with two attached hydrogens (primary N) is 1. The zero-order chi connectivity index (χ0) is 11.3. The Morgan fingerprint density at radius 1 is 1.53 bits per heavy atom. The molecule has 84 valence electrons. The van der Waals surface area contributed by atoms with Crippen molar-refractivity contribution in [1.29, 1.82) is 0 Å². The minimum atomic E-state index is 0.672. The normalized spacial score (nSPS) is 12.3.